The highest BCUT2D eigenvalue weighted by Crippen LogP contribution is 2.25. The molecule has 0 radical (unpaired) electrons. The van der Waals surface area contributed by atoms with Gasteiger partial charge in [0.15, 0.2) is 0 Å². The van der Waals surface area contributed by atoms with Crippen LogP contribution in [0.1, 0.15) is 76.6 Å². The Morgan fingerprint density at radius 3 is 2.85 bits per heavy atom. The predicted molar refractivity (Wildman–Crippen MR) is 137 cm³/mol. The van der Waals surface area contributed by atoms with Crippen molar-refractivity contribution in [3.05, 3.63) is 75.3 Å². The third-order valence-electron chi connectivity index (χ3n) is 6.14. The fourth-order valence-corrected chi connectivity index (χ4v) is 5.06. The topological polar surface area (TPSA) is 67.4 Å². The first-order valence-electron chi connectivity index (χ1n) is 12.1. The fourth-order valence-electron chi connectivity index (χ4n) is 4.33. The van der Waals surface area contributed by atoms with Crippen molar-refractivity contribution in [3.8, 4) is 5.75 Å². The minimum absolute atomic E-state index is 0.0966. The van der Waals surface area contributed by atoms with Gasteiger partial charge in [-0.2, -0.15) is 0 Å². The van der Waals surface area contributed by atoms with E-state index in [1.807, 2.05) is 18.2 Å². The number of ether oxygens (including phenoxy) is 1. The van der Waals surface area contributed by atoms with Crippen LogP contribution in [0.15, 0.2) is 42.5 Å². The molecule has 0 spiro atoms. The number of nitrogens with zero attached hydrogens (tertiary/aromatic N) is 3. The number of carbonyl (C=O) groups excluding carboxylic acids is 1. The zero-order valence-corrected chi connectivity index (χ0v) is 21.2. The summed E-state index contributed by atoms with van der Waals surface area (Å²) in [6.45, 7) is 7.34. The van der Waals surface area contributed by atoms with E-state index in [2.05, 4.69) is 65.0 Å². The lowest BCUT2D eigenvalue weighted by atomic mass is 9.99. The van der Waals surface area contributed by atoms with Crippen LogP contribution in [0.4, 0.5) is 0 Å². The van der Waals surface area contributed by atoms with Gasteiger partial charge in [0.25, 0.3) is 5.91 Å². The molecule has 0 saturated heterocycles. The second kappa shape index (κ2) is 11.6. The molecule has 34 heavy (non-hydrogen) atoms. The molecule has 4 rings (SSSR count). The molecule has 1 aliphatic rings. The van der Waals surface area contributed by atoms with Gasteiger partial charge < -0.3 is 15.0 Å². The maximum atomic E-state index is 13.0. The van der Waals surface area contributed by atoms with E-state index in [1.54, 1.807) is 0 Å². The molecule has 7 heteroatoms. The molecular weight excluding hydrogens is 444 g/mol. The Hall–Kier alpha value is -2.77. The number of amides is 1. The minimum Gasteiger partial charge on any atom is -0.493 e. The van der Waals surface area contributed by atoms with Crippen LogP contribution in [-0.2, 0) is 19.5 Å². The first-order valence-corrected chi connectivity index (χ1v) is 12.9. The minimum atomic E-state index is -0.0966. The van der Waals surface area contributed by atoms with Gasteiger partial charge in [-0.05, 0) is 85.2 Å². The van der Waals surface area contributed by atoms with Gasteiger partial charge in [-0.3, -0.25) is 4.79 Å². The summed E-state index contributed by atoms with van der Waals surface area (Å²) in [6, 6.07) is 14.5. The number of nitrogens with one attached hydrogen (secondary N) is 1. The summed E-state index contributed by atoms with van der Waals surface area (Å²) in [4.78, 5) is 16.4. The molecule has 0 aliphatic carbocycles. The van der Waals surface area contributed by atoms with Crippen LogP contribution in [0.3, 0.4) is 0 Å². The van der Waals surface area contributed by atoms with Crippen LogP contribution >= 0.6 is 11.5 Å². The molecule has 1 aromatic heterocycles. The van der Waals surface area contributed by atoms with Gasteiger partial charge in [-0.1, -0.05) is 42.6 Å². The van der Waals surface area contributed by atoms with E-state index < -0.39 is 0 Å². The van der Waals surface area contributed by atoms with Crippen molar-refractivity contribution in [1.29, 1.82) is 0 Å². The number of rotatable bonds is 4. The molecule has 0 saturated carbocycles. The van der Waals surface area contributed by atoms with E-state index in [-0.39, 0.29) is 11.8 Å². The Morgan fingerprint density at radius 1 is 1.15 bits per heavy atom. The SMILES string of the molecule is CC(C)c1nnsc1CNC(=O)c1ccc2c(c1)Cc1cccc(c1)CN(C)CCCCCO2. The van der Waals surface area contributed by atoms with E-state index in [9.17, 15) is 4.79 Å². The van der Waals surface area contributed by atoms with Gasteiger partial charge in [0.05, 0.1) is 23.7 Å². The molecule has 2 aromatic carbocycles. The number of aromatic nitrogens is 2. The molecule has 0 fully saturated rings. The summed E-state index contributed by atoms with van der Waals surface area (Å²) in [6.07, 6.45) is 4.07. The van der Waals surface area contributed by atoms with E-state index in [0.717, 1.165) is 54.2 Å². The molecular formula is C27H34N4O2S. The first kappa shape index (κ1) is 24.4. The molecule has 6 nitrogen and oxygen atoms in total. The van der Waals surface area contributed by atoms with Crippen LogP contribution < -0.4 is 10.1 Å². The van der Waals surface area contributed by atoms with Gasteiger partial charge in [0.1, 0.15) is 5.75 Å². The Labute approximate surface area is 206 Å². The first-order chi connectivity index (χ1) is 16.5. The Morgan fingerprint density at radius 2 is 2.00 bits per heavy atom. The van der Waals surface area contributed by atoms with Crippen molar-refractivity contribution < 1.29 is 9.53 Å². The van der Waals surface area contributed by atoms with Gasteiger partial charge in [0.2, 0.25) is 0 Å². The zero-order valence-electron chi connectivity index (χ0n) is 20.3. The summed E-state index contributed by atoms with van der Waals surface area (Å²) in [7, 11) is 2.18. The summed E-state index contributed by atoms with van der Waals surface area (Å²) >= 11 is 1.34. The van der Waals surface area contributed by atoms with Crippen molar-refractivity contribution in [2.24, 2.45) is 0 Å². The van der Waals surface area contributed by atoms with Gasteiger partial charge in [-0.15, -0.1) is 5.10 Å². The van der Waals surface area contributed by atoms with Crippen LogP contribution in [0, 0.1) is 0 Å². The Balaban J connectivity index is 1.54. The normalized spacial score (nSPS) is 15.3. The highest BCUT2D eigenvalue weighted by atomic mass is 32.1. The van der Waals surface area contributed by atoms with E-state index in [1.165, 1.54) is 29.1 Å². The highest BCUT2D eigenvalue weighted by molar-refractivity contribution is 7.05. The molecule has 2 bridgehead atoms. The second-order valence-corrected chi connectivity index (χ2v) is 10.2. The van der Waals surface area contributed by atoms with Crippen molar-refractivity contribution in [3.63, 3.8) is 0 Å². The largest absolute Gasteiger partial charge is 0.493 e. The summed E-state index contributed by atoms with van der Waals surface area (Å²) in [5.74, 6) is 1.05. The van der Waals surface area contributed by atoms with Crippen molar-refractivity contribution >= 4 is 17.4 Å². The number of carbonyl (C=O) groups is 1. The summed E-state index contributed by atoms with van der Waals surface area (Å²) in [5, 5.41) is 7.24. The van der Waals surface area contributed by atoms with E-state index in [0.29, 0.717) is 18.7 Å². The second-order valence-electron chi connectivity index (χ2n) is 9.38. The highest BCUT2D eigenvalue weighted by Gasteiger charge is 2.15. The van der Waals surface area contributed by atoms with Crippen LogP contribution in [0.5, 0.6) is 5.75 Å². The average molecular weight is 479 g/mol. The monoisotopic (exact) mass is 478 g/mol. The lowest BCUT2D eigenvalue weighted by Gasteiger charge is -2.19. The van der Waals surface area contributed by atoms with Crippen molar-refractivity contribution in [2.75, 3.05) is 20.2 Å². The molecule has 180 valence electrons. The van der Waals surface area contributed by atoms with E-state index in [4.69, 9.17) is 4.74 Å². The molecule has 1 N–H and O–H groups in total. The number of benzene rings is 2. The Bertz CT molecular complexity index is 1110. The van der Waals surface area contributed by atoms with Crippen LogP contribution in [-0.4, -0.2) is 40.6 Å². The van der Waals surface area contributed by atoms with Gasteiger partial charge in [0, 0.05) is 18.5 Å². The third-order valence-corrected chi connectivity index (χ3v) is 6.88. The molecule has 0 atom stereocenters. The quantitative estimate of drug-likeness (QED) is 0.560. The third kappa shape index (κ3) is 6.42. The summed E-state index contributed by atoms with van der Waals surface area (Å²) in [5.41, 5.74) is 5.17. The fraction of sp³-hybridized carbons (Fsp3) is 0.444. The number of fused-ring (bicyclic) bond motifs is 3. The summed E-state index contributed by atoms with van der Waals surface area (Å²) < 4.78 is 10.2. The Kier molecular flexibility index (Phi) is 8.29. The van der Waals surface area contributed by atoms with Gasteiger partial charge in [-0.25, -0.2) is 0 Å². The molecule has 1 amide bonds. The molecule has 1 aliphatic heterocycles. The molecule has 0 unspecified atom stereocenters. The predicted octanol–water partition coefficient (Wildman–Crippen LogP) is 5.18. The molecule has 3 aromatic rings. The van der Waals surface area contributed by atoms with Gasteiger partial charge >= 0.3 is 0 Å². The van der Waals surface area contributed by atoms with Crippen molar-refractivity contribution in [1.82, 2.24) is 19.8 Å². The number of hydrogen-bond acceptors (Lipinski definition) is 6. The van der Waals surface area contributed by atoms with Crippen LogP contribution in [0.2, 0.25) is 0 Å². The zero-order chi connectivity index (χ0) is 23.9. The standard InChI is InChI=1S/C27H34N4O2S/c1-19(2)26-25(34-30-29-26)17-28-27(32)22-10-11-24-23(16-22)15-20-8-7-9-21(14-20)18-31(3)12-5-4-6-13-33-24/h7-11,14,16,19H,4-6,12-13,15,17-18H2,1-3H3,(H,28,32). The molecule has 2 heterocycles. The van der Waals surface area contributed by atoms with Crippen molar-refractivity contribution in [2.45, 2.75) is 58.5 Å². The smallest absolute Gasteiger partial charge is 0.251 e. The number of hydrogen-bond donors (Lipinski definition) is 1. The van der Waals surface area contributed by atoms with E-state index >= 15 is 0 Å². The average Bonchev–Trinajstić information content (AvgIpc) is 3.29. The maximum absolute atomic E-state index is 13.0. The van der Waals surface area contributed by atoms with Crippen LogP contribution in [0.25, 0.3) is 0 Å². The maximum Gasteiger partial charge on any atom is 0.251 e. The lowest BCUT2D eigenvalue weighted by molar-refractivity contribution is 0.0951. The lowest BCUT2D eigenvalue weighted by Crippen LogP contribution is -2.23.